The number of imide groups is 1. The number of nitrogens with one attached hydrogen (secondary N) is 1. The summed E-state index contributed by atoms with van der Waals surface area (Å²) in [4.78, 5) is 25.4. The van der Waals surface area contributed by atoms with Gasteiger partial charge in [-0.15, -0.1) is 0 Å². The van der Waals surface area contributed by atoms with Gasteiger partial charge in [0.1, 0.15) is 11.6 Å². The second-order valence-corrected chi connectivity index (χ2v) is 7.69. The van der Waals surface area contributed by atoms with Gasteiger partial charge in [0.25, 0.3) is 11.8 Å². The predicted octanol–water partition coefficient (Wildman–Crippen LogP) is 1.72. The summed E-state index contributed by atoms with van der Waals surface area (Å²) in [7, 11) is -2.37. The Morgan fingerprint density at radius 3 is 2.52 bits per heavy atom. The fourth-order valence-corrected chi connectivity index (χ4v) is 4.16. The summed E-state index contributed by atoms with van der Waals surface area (Å²) < 4.78 is 46.1. The molecule has 0 saturated heterocycles. The topological polar surface area (TPSA) is 92.8 Å². The number of ether oxygens (including phenoxy) is 1. The number of aryl methyl sites for hydroxylation is 1. The molecule has 0 saturated carbocycles. The highest BCUT2D eigenvalue weighted by molar-refractivity contribution is 7.89. The number of amides is 2. The number of hydrogen-bond acceptors (Lipinski definition) is 5. The number of carbonyl (C=O) groups is 2. The van der Waals surface area contributed by atoms with Crippen molar-refractivity contribution in [3.05, 3.63) is 58.9 Å². The highest BCUT2D eigenvalue weighted by Crippen LogP contribution is 2.25. The van der Waals surface area contributed by atoms with Crippen LogP contribution in [0.15, 0.2) is 41.3 Å². The molecule has 2 aromatic rings. The second kappa shape index (κ2) is 7.09. The second-order valence-electron chi connectivity index (χ2n) is 5.95. The molecule has 0 radical (unpaired) electrons. The van der Waals surface area contributed by atoms with E-state index in [1.165, 1.54) is 31.4 Å². The Balaban J connectivity index is 1.71. The van der Waals surface area contributed by atoms with E-state index in [1.807, 2.05) is 0 Å². The van der Waals surface area contributed by atoms with Crippen molar-refractivity contribution >= 4 is 21.8 Å². The van der Waals surface area contributed by atoms with Crippen molar-refractivity contribution in [1.29, 1.82) is 0 Å². The molecule has 9 heteroatoms. The molecule has 1 N–H and O–H groups in total. The lowest BCUT2D eigenvalue weighted by Crippen LogP contribution is -2.38. The van der Waals surface area contributed by atoms with E-state index in [1.54, 1.807) is 13.0 Å². The summed E-state index contributed by atoms with van der Waals surface area (Å²) in [6, 6.07) is 8.33. The number of hydrogen-bond donors (Lipinski definition) is 1. The van der Waals surface area contributed by atoms with Gasteiger partial charge in [0.2, 0.25) is 10.0 Å². The first kappa shape index (κ1) is 19.0. The molecular weight excluding hydrogens is 375 g/mol. The molecule has 7 nitrogen and oxygen atoms in total. The van der Waals surface area contributed by atoms with E-state index in [9.17, 15) is 22.4 Å². The number of halogens is 1. The molecule has 0 atom stereocenters. The van der Waals surface area contributed by atoms with Crippen LogP contribution in [0.25, 0.3) is 0 Å². The van der Waals surface area contributed by atoms with Gasteiger partial charge >= 0.3 is 0 Å². The SMILES string of the molecule is COc1ccc(S(=O)(=O)NCCN2C(=O)c3cccc(F)c3C2=O)c(C)c1. The van der Waals surface area contributed by atoms with Crippen LogP contribution in [0.4, 0.5) is 4.39 Å². The maximum atomic E-state index is 13.8. The number of sulfonamides is 1. The quantitative estimate of drug-likeness (QED) is 0.756. The first-order valence-corrected chi connectivity index (χ1v) is 9.53. The summed E-state index contributed by atoms with van der Waals surface area (Å²) in [5.41, 5.74) is 0.190. The van der Waals surface area contributed by atoms with Crippen molar-refractivity contribution in [3.63, 3.8) is 0 Å². The van der Waals surface area contributed by atoms with E-state index in [0.717, 1.165) is 11.0 Å². The average molecular weight is 392 g/mol. The summed E-state index contributed by atoms with van der Waals surface area (Å²) >= 11 is 0. The van der Waals surface area contributed by atoms with Gasteiger partial charge in [0, 0.05) is 13.1 Å². The van der Waals surface area contributed by atoms with Crippen LogP contribution in [0.3, 0.4) is 0 Å². The van der Waals surface area contributed by atoms with E-state index >= 15 is 0 Å². The minimum atomic E-state index is -3.85. The molecule has 2 amide bonds. The number of rotatable bonds is 6. The smallest absolute Gasteiger partial charge is 0.264 e. The number of methoxy groups -OCH3 is 1. The highest BCUT2D eigenvalue weighted by Gasteiger charge is 2.37. The van der Waals surface area contributed by atoms with Crippen LogP contribution in [0.1, 0.15) is 26.3 Å². The van der Waals surface area contributed by atoms with Crippen LogP contribution in [-0.4, -0.2) is 45.3 Å². The zero-order chi connectivity index (χ0) is 19.8. The van der Waals surface area contributed by atoms with E-state index in [4.69, 9.17) is 4.74 Å². The van der Waals surface area contributed by atoms with Crippen LogP contribution in [-0.2, 0) is 10.0 Å². The minimum Gasteiger partial charge on any atom is -0.497 e. The molecular formula is C18H17FN2O5S. The van der Waals surface area contributed by atoms with E-state index in [2.05, 4.69) is 4.72 Å². The van der Waals surface area contributed by atoms with Gasteiger partial charge < -0.3 is 4.74 Å². The maximum Gasteiger partial charge on any atom is 0.264 e. The number of benzene rings is 2. The lowest BCUT2D eigenvalue weighted by molar-refractivity contribution is 0.0656. The first-order chi connectivity index (χ1) is 12.8. The van der Waals surface area contributed by atoms with E-state index in [0.29, 0.717) is 11.3 Å². The lowest BCUT2D eigenvalue weighted by atomic mass is 10.1. The third-order valence-electron chi connectivity index (χ3n) is 4.25. The van der Waals surface area contributed by atoms with E-state index in [-0.39, 0.29) is 29.1 Å². The van der Waals surface area contributed by atoms with Crippen molar-refractivity contribution in [3.8, 4) is 5.75 Å². The van der Waals surface area contributed by atoms with Gasteiger partial charge in [-0.05, 0) is 42.8 Å². The molecule has 0 unspecified atom stereocenters. The molecule has 0 aliphatic carbocycles. The van der Waals surface area contributed by atoms with Gasteiger partial charge in [0.05, 0.1) is 23.1 Å². The molecule has 0 aromatic heterocycles. The van der Waals surface area contributed by atoms with Crippen molar-refractivity contribution in [2.45, 2.75) is 11.8 Å². The minimum absolute atomic E-state index is 0.0196. The molecule has 3 rings (SSSR count). The van der Waals surface area contributed by atoms with E-state index < -0.39 is 27.7 Å². The Kier molecular flexibility index (Phi) is 4.99. The number of nitrogens with zero attached hydrogens (tertiary/aromatic N) is 1. The van der Waals surface area contributed by atoms with Gasteiger partial charge in [-0.2, -0.15) is 0 Å². The Morgan fingerprint density at radius 1 is 1.15 bits per heavy atom. The summed E-state index contributed by atoms with van der Waals surface area (Å²) in [6.07, 6.45) is 0. The standard InChI is InChI=1S/C18H17FN2O5S/c1-11-10-12(26-2)6-7-15(11)27(24,25)20-8-9-21-17(22)13-4-3-5-14(19)16(13)18(21)23/h3-7,10,20H,8-9H2,1-2H3. The molecule has 1 aliphatic rings. The fourth-order valence-electron chi connectivity index (χ4n) is 2.92. The first-order valence-electron chi connectivity index (χ1n) is 8.05. The van der Waals surface area contributed by atoms with Crippen LogP contribution < -0.4 is 9.46 Å². The molecule has 27 heavy (non-hydrogen) atoms. The zero-order valence-electron chi connectivity index (χ0n) is 14.7. The number of carbonyl (C=O) groups excluding carboxylic acids is 2. The van der Waals surface area contributed by atoms with Crippen molar-refractivity contribution in [2.24, 2.45) is 0 Å². The Morgan fingerprint density at radius 2 is 1.89 bits per heavy atom. The third kappa shape index (κ3) is 3.43. The third-order valence-corrected chi connectivity index (χ3v) is 5.87. The number of fused-ring (bicyclic) bond motifs is 1. The van der Waals surface area contributed by atoms with Crippen LogP contribution in [0.2, 0.25) is 0 Å². The molecule has 1 heterocycles. The Bertz CT molecular complexity index is 1040. The molecule has 0 spiro atoms. The maximum absolute atomic E-state index is 13.8. The molecule has 0 bridgehead atoms. The molecule has 142 valence electrons. The van der Waals surface area contributed by atoms with Crippen LogP contribution in [0.5, 0.6) is 5.75 Å². The normalized spacial score (nSPS) is 13.8. The fraction of sp³-hybridized carbons (Fsp3) is 0.222. The highest BCUT2D eigenvalue weighted by atomic mass is 32.2. The van der Waals surface area contributed by atoms with Crippen LogP contribution in [0, 0.1) is 12.7 Å². The van der Waals surface area contributed by atoms with Gasteiger partial charge in [-0.25, -0.2) is 17.5 Å². The van der Waals surface area contributed by atoms with Crippen molar-refractivity contribution < 1.29 is 27.1 Å². The molecule has 2 aromatic carbocycles. The average Bonchev–Trinajstić information content (AvgIpc) is 2.87. The van der Waals surface area contributed by atoms with Gasteiger partial charge in [-0.1, -0.05) is 6.07 Å². The predicted molar refractivity (Wildman–Crippen MR) is 94.7 cm³/mol. The van der Waals surface area contributed by atoms with Gasteiger partial charge in [0.15, 0.2) is 0 Å². The summed E-state index contributed by atoms with van der Waals surface area (Å²) in [6.45, 7) is 1.23. The summed E-state index contributed by atoms with van der Waals surface area (Å²) in [5, 5.41) is 0. The zero-order valence-corrected chi connectivity index (χ0v) is 15.5. The van der Waals surface area contributed by atoms with Crippen molar-refractivity contribution in [2.75, 3.05) is 20.2 Å². The van der Waals surface area contributed by atoms with Gasteiger partial charge in [-0.3, -0.25) is 14.5 Å². The lowest BCUT2D eigenvalue weighted by Gasteiger charge is -2.15. The summed E-state index contributed by atoms with van der Waals surface area (Å²) in [5.74, 6) is -1.66. The molecule has 1 aliphatic heterocycles. The van der Waals surface area contributed by atoms with Crippen LogP contribution >= 0.6 is 0 Å². The Labute approximate surface area is 155 Å². The molecule has 0 fully saturated rings. The monoisotopic (exact) mass is 392 g/mol. The Hall–Kier alpha value is -2.78. The van der Waals surface area contributed by atoms with Crippen molar-refractivity contribution in [1.82, 2.24) is 9.62 Å². The largest absolute Gasteiger partial charge is 0.497 e.